The molecule has 1 rings (SSSR count). The number of halogens is 2. The summed E-state index contributed by atoms with van der Waals surface area (Å²) >= 11 is 6.80. The molecular formula is C3H2Br2P2. The first-order chi connectivity index (χ1) is 3.29. The van der Waals surface area contributed by atoms with Crippen LogP contribution >= 0.6 is 48.2 Å². The van der Waals surface area contributed by atoms with Crippen molar-refractivity contribution in [3.8, 4) is 0 Å². The van der Waals surface area contributed by atoms with E-state index in [1.54, 1.807) is 0 Å². The number of hydrogen-bond acceptors (Lipinski definition) is 0. The quantitative estimate of drug-likeness (QED) is 0.664. The van der Waals surface area contributed by atoms with Gasteiger partial charge in [-0.05, 0) is 45.9 Å². The van der Waals surface area contributed by atoms with Crippen molar-refractivity contribution >= 4 is 48.2 Å². The Balaban J connectivity index is 3.04. The van der Waals surface area contributed by atoms with Crippen LogP contribution in [-0.2, 0) is 0 Å². The van der Waals surface area contributed by atoms with E-state index in [1.807, 2.05) is 0 Å². The third-order valence-corrected chi connectivity index (χ3v) is 5.09. The maximum absolute atomic E-state index is 3.41. The fourth-order valence-electron chi connectivity index (χ4n) is 0.277. The molecule has 0 saturated carbocycles. The highest BCUT2D eigenvalue weighted by atomic mass is 79.9. The summed E-state index contributed by atoms with van der Waals surface area (Å²) in [7, 11) is 2.19. The van der Waals surface area contributed by atoms with E-state index in [2.05, 4.69) is 37.7 Å². The van der Waals surface area contributed by atoms with E-state index in [1.165, 1.54) is 16.3 Å². The molecule has 0 nitrogen and oxygen atoms in total. The summed E-state index contributed by atoms with van der Waals surface area (Å²) in [5.74, 6) is 2.19. The zero-order valence-electron chi connectivity index (χ0n) is 3.28. The molecule has 0 aliphatic rings. The monoisotopic (exact) mass is 258 g/mol. The van der Waals surface area contributed by atoms with Gasteiger partial charge in [0.25, 0.3) is 0 Å². The van der Waals surface area contributed by atoms with Crippen molar-refractivity contribution in [1.82, 2.24) is 0 Å². The van der Waals surface area contributed by atoms with Crippen LogP contribution in [0.4, 0.5) is 0 Å². The van der Waals surface area contributed by atoms with Crippen LogP contribution in [0.15, 0.2) is 13.9 Å². The fraction of sp³-hybridized carbons (Fsp3) is 0. The van der Waals surface area contributed by atoms with Gasteiger partial charge in [-0.25, -0.2) is 0 Å². The van der Waals surface area contributed by atoms with Crippen molar-refractivity contribution in [3.05, 3.63) is 13.9 Å². The molecule has 7 heavy (non-hydrogen) atoms. The first-order valence-electron chi connectivity index (χ1n) is 1.65. The third kappa shape index (κ3) is 1.85. The van der Waals surface area contributed by atoms with E-state index in [9.17, 15) is 0 Å². The highest BCUT2D eigenvalue weighted by molar-refractivity contribution is 9.13. The minimum absolute atomic E-state index is 0.875. The average Bonchev–Trinajstić information content (AvgIpc) is 1.87. The van der Waals surface area contributed by atoms with Gasteiger partial charge in [0.15, 0.2) is 0 Å². The van der Waals surface area contributed by atoms with Gasteiger partial charge in [-0.2, -0.15) is 0 Å². The van der Waals surface area contributed by atoms with Gasteiger partial charge < -0.3 is 0 Å². The Morgan fingerprint density at radius 2 is 2.29 bits per heavy atom. The van der Waals surface area contributed by atoms with Crippen LogP contribution < -0.4 is 0 Å². The lowest BCUT2D eigenvalue weighted by Crippen LogP contribution is -1.24. The normalized spacial score (nSPS) is 11.7. The second-order valence-electron chi connectivity index (χ2n) is 1.01. The molecule has 0 aromatic carbocycles. The maximum Gasteiger partial charge on any atom is 0.0617 e. The van der Waals surface area contributed by atoms with Gasteiger partial charge in [0.05, 0.1) is 3.94 Å². The standard InChI is InChI=1S/C3H2Br2P2/c4-2-1-6-3(5)7-2/h1,6H. The van der Waals surface area contributed by atoms with E-state index in [-0.39, 0.29) is 0 Å². The lowest BCUT2D eigenvalue weighted by Gasteiger charge is -1.66. The Morgan fingerprint density at radius 3 is 2.43 bits per heavy atom. The van der Waals surface area contributed by atoms with E-state index in [0.29, 0.717) is 0 Å². The molecule has 0 aliphatic carbocycles. The van der Waals surface area contributed by atoms with Crippen molar-refractivity contribution in [1.29, 1.82) is 0 Å². The van der Waals surface area contributed by atoms with Gasteiger partial charge in [-0.15, -0.1) is 8.19 Å². The predicted molar refractivity (Wildman–Crippen MR) is 43.9 cm³/mol. The number of hydrogen-bond donors (Lipinski definition) is 0. The lowest BCUT2D eigenvalue weighted by atomic mass is 11.2. The largest absolute Gasteiger partial charge is 0.118 e. The Bertz CT molecular complexity index is 143. The molecule has 0 radical (unpaired) electrons. The molecule has 0 saturated heterocycles. The second kappa shape index (κ2) is 2.64. The van der Waals surface area contributed by atoms with E-state index < -0.39 is 0 Å². The third-order valence-electron chi connectivity index (χ3n) is 0.515. The van der Waals surface area contributed by atoms with Crippen molar-refractivity contribution < 1.29 is 0 Å². The first kappa shape index (κ1) is 6.29. The van der Waals surface area contributed by atoms with Crippen LogP contribution in [0.5, 0.6) is 0 Å². The fourth-order valence-corrected chi connectivity index (χ4v) is 4.96. The highest BCUT2D eigenvalue weighted by Crippen LogP contribution is 2.39. The average molecular weight is 260 g/mol. The van der Waals surface area contributed by atoms with E-state index >= 15 is 0 Å². The summed E-state index contributed by atoms with van der Waals surface area (Å²) in [6.07, 6.45) is 0. The minimum Gasteiger partial charge on any atom is -0.118 e. The lowest BCUT2D eigenvalue weighted by molar-refractivity contribution is 2.22. The smallest absolute Gasteiger partial charge is 0.0617 e. The summed E-state index contributed by atoms with van der Waals surface area (Å²) in [6, 6.07) is 0. The SMILES string of the molecule is Brc1c[pH]c(Br)p1. The maximum atomic E-state index is 3.41. The Kier molecular flexibility index (Phi) is 2.37. The van der Waals surface area contributed by atoms with Gasteiger partial charge in [-0.1, -0.05) is 0 Å². The molecule has 1 aromatic heterocycles. The van der Waals surface area contributed by atoms with Crippen LogP contribution in [-0.4, -0.2) is 0 Å². The predicted octanol–water partition coefficient (Wildman–Crippen LogP) is 3.82. The number of rotatable bonds is 0. The van der Waals surface area contributed by atoms with Crippen molar-refractivity contribution in [3.63, 3.8) is 0 Å². The van der Waals surface area contributed by atoms with Gasteiger partial charge in [0.2, 0.25) is 0 Å². The molecule has 1 unspecified atom stereocenters. The molecule has 0 aliphatic heterocycles. The summed E-state index contributed by atoms with van der Waals surface area (Å²) in [4.78, 5) is 0. The Labute approximate surface area is 62.2 Å². The molecule has 1 atom stereocenters. The highest BCUT2D eigenvalue weighted by Gasteiger charge is 1.87. The van der Waals surface area contributed by atoms with Gasteiger partial charge >= 0.3 is 0 Å². The van der Waals surface area contributed by atoms with Crippen molar-refractivity contribution in [2.24, 2.45) is 0 Å². The molecule has 0 bridgehead atoms. The van der Waals surface area contributed by atoms with Crippen LogP contribution in [0.2, 0.25) is 0 Å². The van der Waals surface area contributed by atoms with Crippen molar-refractivity contribution in [2.45, 2.75) is 0 Å². The Morgan fingerprint density at radius 1 is 1.57 bits per heavy atom. The summed E-state index contributed by atoms with van der Waals surface area (Å²) < 4.78 is 2.66. The zero-order valence-corrected chi connectivity index (χ0v) is 8.35. The van der Waals surface area contributed by atoms with Gasteiger partial charge in [0, 0.05) is 4.20 Å². The van der Waals surface area contributed by atoms with E-state index in [4.69, 9.17) is 0 Å². The molecule has 1 heterocycles. The second-order valence-corrected chi connectivity index (χ2v) is 7.27. The van der Waals surface area contributed by atoms with Crippen LogP contribution in [0, 0.1) is 0 Å². The molecule has 0 N–H and O–H groups in total. The molecule has 1 aromatic rings. The topological polar surface area (TPSA) is 0 Å². The Hall–Kier alpha value is 1.17. The molecular weight excluding hydrogens is 258 g/mol. The molecule has 4 heteroatoms. The van der Waals surface area contributed by atoms with Gasteiger partial charge in [-0.3, -0.25) is 0 Å². The summed E-state index contributed by atoms with van der Waals surface area (Å²) in [5.41, 5.74) is 0. The minimum atomic E-state index is 0.875. The molecule has 0 amide bonds. The molecule has 0 spiro atoms. The molecule has 0 fully saturated rings. The first-order valence-corrected chi connectivity index (χ1v) is 5.21. The van der Waals surface area contributed by atoms with Crippen LogP contribution in [0.3, 0.4) is 0 Å². The van der Waals surface area contributed by atoms with Crippen LogP contribution in [0.1, 0.15) is 0 Å². The summed E-state index contributed by atoms with van der Waals surface area (Å²) in [6.45, 7) is 0. The van der Waals surface area contributed by atoms with Crippen LogP contribution in [0.25, 0.3) is 0 Å². The van der Waals surface area contributed by atoms with Gasteiger partial charge in [0.1, 0.15) is 0 Å². The molecule has 38 valence electrons. The summed E-state index contributed by atoms with van der Waals surface area (Å²) in [5, 5.41) is 0. The zero-order chi connectivity index (χ0) is 5.28. The van der Waals surface area contributed by atoms with E-state index in [0.717, 1.165) is 8.19 Å². The van der Waals surface area contributed by atoms with Crippen molar-refractivity contribution in [2.75, 3.05) is 0 Å².